The fourth-order valence-corrected chi connectivity index (χ4v) is 5.25. The lowest BCUT2D eigenvalue weighted by molar-refractivity contribution is -0.385. The molecular formula is C29H36N4O4. The van der Waals surface area contributed by atoms with E-state index in [1.165, 1.54) is 17.9 Å². The van der Waals surface area contributed by atoms with Gasteiger partial charge in [-0.15, -0.1) is 0 Å². The third-order valence-electron chi connectivity index (χ3n) is 7.46. The normalized spacial score (nSPS) is 17.2. The van der Waals surface area contributed by atoms with Crippen LogP contribution in [0.5, 0.6) is 5.75 Å². The summed E-state index contributed by atoms with van der Waals surface area (Å²) in [4.78, 5) is 27.9. The number of likely N-dealkylation sites (tertiary alicyclic amines) is 2. The number of carbonyl (C=O) groups is 1. The van der Waals surface area contributed by atoms with Crippen molar-refractivity contribution in [1.82, 2.24) is 9.80 Å². The van der Waals surface area contributed by atoms with E-state index in [9.17, 15) is 14.9 Å². The molecule has 2 fully saturated rings. The van der Waals surface area contributed by atoms with Gasteiger partial charge in [-0.25, -0.2) is 0 Å². The maximum atomic E-state index is 12.9. The first-order chi connectivity index (χ1) is 18.0. The largest absolute Gasteiger partial charge is 0.458 e. The van der Waals surface area contributed by atoms with Crippen molar-refractivity contribution in [2.45, 2.75) is 44.1 Å². The summed E-state index contributed by atoms with van der Waals surface area (Å²) in [5.41, 5.74) is 3.21. The van der Waals surface area contributed by atoms with Gasteiger partial charge in [0.15, 0.2) is 0 Å². The molecule has 2 aromatic carbocycles. The molecule has 0 bridgehead atoms. The van der Waals surface area contributed by atoms with Gasteiger partial charge in [0.1, 0.15) is 0 Å². The van der Waals surface area contributed by atoms with E-state index in [4.69, 9.17) is 4.74 Å². The third kappa shape index (κ3) is 6.98. The number of nitro benzene ring substituents is 1. The zero-order chi connectivity index (χ0) is 26.2. The number of benzene rings is 2. The van der Waals surface area contributed by atoms with E-state index in [-0.39, 0.29) is 23.4 Å². The summed E-state index contributed by atoms with van der Waals surface area (Å²) in [5, 5.41) is 14.6. The Kier molecular flexibility index (Phi) is 8.95. The minimum absolute atomic E-state index is 0.0998. The second kappa shape index (κ2) is 12.5. The van der Waals surface area contributed by atoms with Crippen LogP contribution in [0, 0.1) is 10.1 Å². The van der Waals surface area contributed by atoms with Crippen LogP contribution in [0.3, 0.4) is 0 Å². The molecule has 2 heterocycles. The summed E-state index contributed by atoms with van der Waals surface area (Å²) in [7, 11) is 0. The molecule has 1 amide bonds. The fourth-order valence-electron chi connectivity index (χ4n) is 5.25. The summed E-state index contributed by atoms with van der Waals surface area (Å²) < 4.78 is 5.21. The van der Waals surface area contributed by atoms with Gasteiger partial charge in [0.2, 0.25) is 11.7 Å². The van der Waals surface area contributed by atoms with Gasteiger partial charge in [-0.2, -0.15) is 0 Å². The maximum absolute atomic E-state index is 12.9. The second-order valence-corrected chi connectivity index (χ2v) is 9.76. The SMILES string of the molecule is C=COc1cc(NC2CCN(C(=O)CCN3CCC(c4ccc(C=C)cc4)CC3)CC2)ccc1[N+](=O)[O-]. The van der Waals surface area contributed by atoms with E-state index < -0.39 is 4.92 Å². The Bertz CT molecular complexity index is 1100. The number of carbonyl (C=O) groups excluding carboxylic acids is 1. The van der Waals surface area contributed by atoms with Crippen LogP contribution in [0.2, 0.25) is 0 Å². The zero-order valence-corrected chi connectivity index (χ0v) is 21.3. The van der Waals surface area contributed by atoms with Gasteiger partial charge >= 0.3 is 5.69 Å². The van der Waals surface area contributed by atoms with Crippen molar-refractivity contribution in [1.29, 1.82) is 0 Å². The second-order valence-electron chi connectivity index (χ2n) is 9.76. The molecule has 8 nitrogen and oxygen atoms in total. The van der Waals surface area contributed by atoms with Crippen molar-refractivity contribution >= 4 is 23.4 Å². The standard InChI is InChI=1S/C29H36N4O4/c1-3-22-5-7-23(8-6-22)24-11-16-31(17-12-24)18-15-29(34)32-19-13-25(14-20-32)30-26-9-10-27(33(35)36)28(21-26)37-4-2/h3-10,21,24-25,30H,1-2,11-20H2. The number of ether oxygens (including phenoxy) is 1. The van der Waals surface area contributed by atoms with E-state index >= 15 is 0 Å². The zero-order valence-electron chi connectivity index (χ0n) is 21.3. The summed E-state index contributed by atoms with van der Waals surface area (Å²) in [6.45, 7) is 11.6. The molecule has 2 aliphatic heterocycles. The highest BCUT2D eigenvalue weighted by molar-refractivity contribution is 5.76. The van der Waals surface area contributed by atoms with Crippen LogP contribution in [0.1, 0.15) is 49.1 Å². The molecule has 2 aliphatic rings. The molecule has 37 heavy (non-hydrogen) atoms. The van der Waals surface area contributed by atoms with Crippen LogP contribution in [-0.4, -0.2) is 59.4 Å². The number of amides is 1. The van der Waals surface area contributed by atoms with Gasteiger partial charge in [0, 0.05) is 49.9 Å². The summed E-state index contributed by atoms with van der Waals surface area (Å²) in [5.74, 6) is 0.970. The lowest BCUT2D eigenvalue weighted by atomic mass is 9.89. The molecule has 0 radical (unpaired) electrons. The highest BCUT2D eigenvalue weighted by Gasteiger charge is 2.25. The van der Waals surface area contributed by atoms with E-state index in [0.29, 0.717) is 25.4 Å². The molecule has 0 unspecified atom stereocenters. The van der Waals surface area contributed by atoms with Gasteiger partial charge in [0.05, 0.1) is 11.2 Å². The van der Waals surface area contributed by atoms with E-state index in [0.717, 1.165) is 56.6 Å². The Hall–Kier alpha value is -3.65. The van der Waals surface area contributed by atoms with Gasteiger partial charge in [-0.1, -0.05) is 43.5 Å². The molecule has 0 atom stereocenters. The highest BCUT2D eigenvalue weighted by Crippen LogP contribution is 2.31. The van der Waals surface area contributed by atoms with E-state index in [1.54, 1.807) is 12.1 Å². The number of anilines is 1. The van der Waals surface area contributed by atoms with E-state index in [1.807, 2.05) is 11.0 Å². The summed E-state index contributed by atoms with van der Waals surface area (Å²) >= 11 is 0. The lowest BCUT2D eigenvalue weighted by Crippen LogP contribution is -2.43. The first-order valence-corrected chi connectivity index (χ1v) is 13.0. The number of rotatable bonds is 10. The quantitative estimate of drug-likeness (QED) is 0.264. The molecule has 0 saturated carbocycles. The maximum Gasteiger partial charge on any atom is 0.311 e. The molecular weight excluding hydrogens is 468 g/mol. The molecule has 0 spiro atoms. The first kappa shape index (κ1) is 26.4. The predicted molar refractivity (Wildman–Crippen MR) is 147 cm³/mol. The van der Waals surface area contributed by atoms with Crippen molar-refractivity contribution in [2.75, 3.05) is 38.0 Å². The lowest BCUT2D eigenvalue weighted by Gasteiger charge is -2.35. The Morgan fingerprint density at radius 3 is 2.38 bits per heavy atom. The Morgan fingerprint density at radius 2 is 1.76 bits per heavy atom. The smallest absolute Gasteiger partial charge is 0.311 e. The predicted octanol–water partition coefficient (Wildman–Crippen LogP) is 5.43. The first-order valence-electron chi connectivity index (χ1n) is 13.0. The summed E-state index contributed by atoms with van der Waals surface area (Å²) in [6, 6.07) is 13.6. The monoisotopic (exact) mass is 504 g/mol. The minimum Gasteiger partial charge on any atom is -0.458 e. The minimum atomic E-state index is -0.475. The van der Waals surface area contributed by atoms with Crippen LogP contribution in [0.15, 0.2) is 61.9 Å². The third-order valence-corrected chi connectivity index (χ3v) is 7.46. The number of hydrogen-bond donors (Lipinski definition) is 1. The molecule has 0 aromatic heterocycles. The molecule has 2 aromatic rings. The van der Waals surface area contributed by atoms with Crippen LogP contribution in [-0.2, 0) is 4.79 Å². The van der Waals surface area contributed by atoms with Crippen molar-refractivity contribution < 1.29 is 14.5 Å². The van der Waals surface area contributed by atoms with Crippen LogP contribution >= 0.6 is 0 Å². The van der Waals surface area contributed by atoms with Gasteiger partial charge in [-0.05, 0) is 61.9 Å². The van der Waals surface area contributed by atoms with Crippen molar-refractivity contribution in [3.05, 3.63) is 83.1 Å². The molecule has 8 heteroatoms. The van der Waals surface area contributed by atoms with Gasteiger partial charge < -0.3 is 19.9 Å². The van der Waals surface area contributed by atoms with Gasteiger partial charge in [-0.3, -0.25) is 14.9 Å². The van der Waals surface area contributed by atoms with Crippen LogP contribution in [0.4, 0.5) is 11.4 Å². The Morgan fingerprint density at radius 1 is 1.05 bits per heavy atom. The van der Waals surface area contributed by atoms with Crippen molar-refractivity contribution in [2.24, 2.45) is 0 Å². The van der Waals surface area contributed by atoms with Crippen molar-refractivity contribution in [3.63, 3.8) is 0 Å². The molecule has 196 valence electrons. The number of piperidine rings is 2. The highest BCUT2D eigenvalue weighted by atomic mass is 16.6. The Balaban J connectivity index is 1.18. The number of nitrogens with zero attached hydrogens (tertiary/aromatic N) is 3. The topological polar surface area (TPSA) is 88.0 Å². The molecule has 1 N–H and O–H groups in total. The molecule has 2 saturated heterocycles. The number of hydrogen-bond acceptors (Lipinski definition) is 6. The van der Waals surface area contributed by atoms with Crippen LogP contribution in [0.25, 0.3) is 6.08 Å². The number of nitrogens with one attached hydrogen (secondary N) is 1. The van der Waals surface area contributed by atoms with Crippen molar-refractivity contribution in [3.8, 4) is 5.75 Å². The Labute approximate surface area is 218 Å². The average molecular weight is 505 g/mol. The number of nitro groups is 1. The molecule has 0 aliphatic carbocycles. The summed E-state index contributed by atoms with van der Waals surface area (Å²) in [6.07, 6.45) is 7.52. The van der Waals surface area contributed by atoms with E-state index in [2.05, 4.69) is 47.6 Å². The average Bonchev–Trinajstić information content (AvgIpc) is 2.93. The van der Waals surface area contributed by atoms with Crippen LogP contribution < -0.4 is 10.1 Å². The molecule has 4 rings (SSSR count). The fraction of sp³-hybridized carbons (Fsp3) is 0.414. The van der Waals surface area contributed by atoms with Gasteiger partial charge in [0.25, 0.3) is 0 Å².